The Kier molecular flexibility index (Phi) is 5.07. The molecular formula is C15H25O4P. The molecule has 0 saturated carbocycles. The summed E-state index contributed by atoms with van der Waals surface area (Å²) in [6, 6.07) is 3.97. The second kappa shape index (κ2) is 5.88. The first-order valence-corrected chi connectivity index (χ1v) is 7.92. The Hall–Kier alpha value is -0.830. The Bertz CT molecular complexity index is 510. The van der Waals surface area contributed by atoms with Crippen molar-refractivity contribution < 1.29 is 19.0 Å². The van der Waals surface area contributed by atoms with Crippen molar-refractivity contribution in [1.82, 2.24) is 0 Å². The topological polar surface area (TPSA) is 55.8 Å². The predicted molar refractivity (Wildman–Crippen MR) is 81.5 cm³/mol. The van der Waals surface area contributed by atoms with Gasteiger partial charge in [0.1, 0.15) is 0 Å². The van der Waals surface area contributed by atoms with Crippen LogP contribution in [-0.4, -0.2) is 4.89 Å². The third-order valence-electron chi connectivity index (χ3n) is 3.15. The smallest absolute Gasteiger partial charge is 0.329 e. The van der Waals surface area contributed by atoms with Crippen molar-refractivity contribution in [3.05, 3.63) is 28.8 Å². The van der Waals surface area contributed by atoms with Crippen LogP contribution in [0.5, 0.6) is 5.75 Å². The Labute approximate surface area is 122 Å². The Balaban J connectivity index is 3.37. The molecule has 1 aromatic rings. The molecule has 0 aromatic heterocycles. The number of benzene rings is 1. The molecule has 1 N–H and O–H groups in total. The van der Waals surface area contributed by atoms with Gasteiger partial charge >= 0.3 is 8.25 Å². The van der Waals surface area contributed by atoms with Crippen molar-refractivity contribution in [2.24, 2.45) is 0 Å². The third-order valence-corrected chi connectivity index (χ3v) is 3.37. The van der Waals surface area contributed by atoms with Crippen LogP contribution >= 0.6 is 8.25 Å². The van der Waals surface area contributed by atoms with E-state index in [1.807, 2.05) is 13.0 Å². The second-order valence-corrected chi connectivity index (χ2v) is 7.79. The average Bonchev–Trinajstić information content (AvgIpc) is 2.22. The highest BCUT2D eigenvalue weighted by molar-refractivity contribution is 7.31. The van der Waals surface area contributed by atoms with Gasteiger partial charge in [-0.2, -0.15) is 0 Å². The van der Waals surface area contributed by atoms with Gasteiger partial charge in [-0.25, -0.2) is 0 Å². The number of hydrogen-bond acceptors (Lipinski definition) is 3. The minimum atomic E-state index is -3.12. The maximum atomic E-state index is 10.7. The fourth-order valence-corrected chi connectivity index (χ4v) is 2.39. The molecule has 0 saturated heterocycles. The van der Waals surface area contributed by atoms with E-state index in [9.17, 15) is 4.57 Å². The maximum absolute atomic E-state index is 10.7. The number of hydrogen-bond donors (Lipinski definition) is 1. The molecule has 4 nitrogen and oxygen atoms in total. The number of rotatable bonds is 3. The SMILES string of the molecule is Cc1cc(OO[PH](=O)O)c(C(C)(C)C)cc1C(C)(C)C. The summed E-state index contributed by atoms with van der Waals surface area (Å²) >= 11 is 0. The maximum Gasteiger partial charge on any atom is 0.355 e. The molecule has 5 heteroatoms. The Morgan fingerprint density at radius 2 is 1.50 bits per heavy atom. The first-order chi connectivity index (χ1) is 8.93. The van der Waals surface area contributed by atoms with E-state index in [4.69, 9.17) is 9.78 Å². The standard InChI is InChI=1S/C15H25O4P/c1-10-8-13(18-19-20(16)17)12(15(5,6)7)9-11(10)14(2,3)4/h8-9,20H,1-7H3,(H,16,17). The van der Waals surface area contributed by atoms with E-state index in [2.05, 4.69) is 52.3 Å². The zero-order valence-electron chi connectivity index (χ0n) is 13.3. The lowest BCUT2D eigenvalue weighted by Crippen LogP contribution is -2.18. The van der Waals surface area contributed by atoms with E-state index in [1.165, 1.54) is 5.56 Å². The van der Waals surface area contributed by atoms with Gasteiger partial charge in [-0.05, 0) is 34.9 Å². The Morgan fingerprint density at radius 1 is 1.00 bits per heavy atom. The predicted octanol–water partition coefficient (Wildman–Crippen LogP) is 4.28. The summed E-state index contributed by atoms with van der Waals surface area (Å²) in [5, 5.41) is 0. The van der Waals surface area contributed by atoms with Crippen LogP contribution < -0.4 is 4.89 Å². The van der Waals surface area contributed by atoms with E-state index in [0.29, 0.717) is 5.75 Å². The molecule has 0 amide bonds. The van der Waals surface area contributed by atoms with Gasteiger partial charge in [0.15, 0.2) is 5.75 Å². The molecule has 0 aliphatic rings. The van der Waals surface area contributed by atoms with E-state index in [1.54, 1.807) is 0 Å². The zero-order valence-corrected chi connectivity index (χ0v) is 14.3. The largest absolute Gasteiger partial charge is 0.355 e. The summed E-state index contributed by atoms with van der Waals surface area (Å²) in [5.74, 6) is 0.496. The molecule has 20 heavy (non-hydrogen) atoms. The molecule has 0 heterocycles. The minimum absolute atomic E-state index is 0.0218. The van der Waals surface area contributed by atoms with Crippen molar-refractivity contribution in [1.29, 1.82) is 0 Å². The van der Waals surface area contributed by atoms with Crippen LogP contribution in [0.25, 0.3) is 0 Å². The lowest BCUT2D eigenvalue weighted by atomic mass is 9.78. The van der Waals surface area contributed by atoms with Crippen molar-refractivity contribution in [2.45, 2.75) is 59.3 Å². The van der Waals surface area contributed by atoms with E-state index in [0.717, 1.165) is 11.1 Å². The zero-order chi connectivity index (χ0) is 15.7. The van der Waals surface area contributed by atoms with E-state index >= 15 is 0 Å². The van der Waals surface area contributed by atoms with Crippen LogP contribution in [0.3, 0.4) is 0 Å². The van der Waals surface area contributed by atoms with Gasteiger partial charge in [-0.1, -0.05) is 47.6 Å². The van der Waals surface area contributed by atoms with Gasteiger partial charge in [0.2, 0.25) is 0 Å². The van der Waals surface area contributed by atoms with Crippen molar-refractivity contribution in [3.63, 3.8) is 0 Å². The third kappa shape index (κ3) is 4.34. The fourth-order valence-electron chi connectivity index (χ4n) is 2.23. The average molecular weight is 300 g/mol. The van der Waals surface area contributed by atoms with Crippen LogP contribution in [0.2, 0.25) is 0 Å². The summed E-state index contributed by atoms with van der Waals surface area (Å²) in [6.45, 7) is 14.7. The van der Waals surface area contributed by atoms with Crippen molar-refractivity contribution in [2.75, 3.05) is 0 Å². The molecule has 1 rings (SSSR count). The van der Waals surface area contributed by atoms with Crippen LogP contribution in [0.15, 0.2) is 12.1 Å². The van der Waals surface area contributed by atoms with Crippen LogP contribution in [0, 0.1) is 6.92 Å². The van der Waals surface area contributed by atoms with Crippen LogP contribution in [0.4, 0.5) is 0 Å². The monoisotopic (exact) mass is 300 g/mol. The van der Waals surface area contributed by atoms with Crippen LogP contribution in [0.1, 0.15) is 58.2 Å². The first kappa shape index (κ1) is 17.2. The highest BCUT2D eigenvalue weighted by Crippen LogP contribution is 2.38. The van der Waals surface area contributed by atoms with Gasteiger partial charge in [0.25, 0.3) is 0 Å². The van der Waals surface area contributed by atoms with Crippen LogP contribution in [-0.2, 0) is 20.1 Å². The molecule has 0 fully saturated rings. The summed E-state index contributed by atoms with van der Waals surface area (Å²) < 4.78 is 15.1. The summed E-state index contributed by atoms with van der Waals surface area (Å²) in [7, 11) is -3.12. The molecule has 0 radical (unpaired) electrons. The second-order valence-electron chi connectivity index (χ2n) is 7.10. The molecule has 114 valence electrons. The fraction of sp³-hybridized carbons (Fsp3) is 0.600. The minimum Gasteiger partial charge on any atom is -0.329 e. The molecule has 0 spiro atoms. The molecule has 1 aromatic carbocycles. The Morgan fingerprint density at radius 3 is 1.90 bits per heavy atom. The van der Waals surface area contributed by atoms with Gasteiger partial charge in [-0.15, -0.1) is 4.67 Å². The quantitative estimate of drug-likeness (QED) is 0.514. The summed E-state index contributed by atoms with van der Waals surface area (Å²) in [6.07, 6.45) is 0. The van der Waals surface area contributed by atoms with Gasteiger partial charge in [0, 0.05) is 5.56 Å². The molecule has 0 bridgehead atoms. The van der Waals surface area contributed by atoms with Gasteiger partial charge < -0.3 is 9.78 Å². The first-order valence-electron chi connectivity index (χ1n) is 6.66. The normalized spacial score (nSPS) is 14.2. The molecule has 1 unspecified atom stereocenters. The molecule has 0 aliphatic carbocycles. The highest BCUT2D eigenvalue weighted by atomic mass is 31.1. The van der Waals surface area contributed by atoms with E-state index < -0.39 is 8.25 Å². The van der Waals surface area contributed by atoms with Crippen molar-refractivity contribution >= 4 is 8.25 Å². The van der Waals surface area contributed by atoms with E-state index in [-0.39, 0.29) is 10.8 Å². The summed E-state index contributed by atoms with van der Waals surface area (Å²) in [5.41, 5.74) is 3.12. The van der Waals surface area contributed by atoms with Crippen molar-refractivity contribution in [3.8, 4) is 5.75 Å². The van der Waals surface area contributed by atoms with Gasteiger partial charge in [0.05, 0.1) is 0 Å². The highest BCUT2D eigenvalue weighted by Gasteiger charge is 2.25. The molecule has 0 aliphatic heterocycles. The summed E-state index contributed by atoms with van der Waals surface area (Å²) in [4.78, 5) is 13.8. The molecule has 1 atom stereocenters. The lowest BCUT2D eigenvalue weighted by molar-refractivity contribution is -0.103. The number of aryl methyl sites for hydroxylation is 1. The molecular weight excluding hydrogens is 275 g/mol. The lowest BCUT2D eigenvalue weighted by Gasteiger charge is -2.28. The van der Waals surface area contributed by atoms with Gasteiger partial charge in [-0.3, -0.25) is 4.57 Å².